The van der Waals surface area contributed by atoms with Gasteiger partial charge in [-0.25, -0.2) is 0 Å². The van der Waals surface area contributed by atoms with E-state index in [4.69, 9.17) is 0 Å². The van der Waals surface area contributed by atoms with Crippen LogP contribution in [0.2, 0.25) is 0 Å². The number of ketones is 1. The summed E-state index contributed by atoms with van der Waals surface area (Å²) < 4.78 is 0. The van der Waals surface area contributed by atoms with E-state index in [1.807, 2.05) is 32.9 Å². The van der Waals surface area contributed by atoms with Crippen molar-refractivity contribution in [2.75, 3.05) is 0 Å². The summed E-state index contributed by atoms with van der Waals surface area (Å²) in [4.78, 5) is 12.1. The fourth-order valence-corrected chi connectivity index (χ4v) is 1.56. The lowest BCUT2D eigenvalue weighted by Crippen LogP contribution is -2.12. The van der Waals surface area contributed by atoms with Crippen molar-refractivity contribution < 1.29 is 4.79 Å². The molecular formula is C14H20O. The number of carbonyl (C=O) groups excluding carboxylic acids is 1. The fraction of sp³-hybridized carbons (Fsp3) is 0.500. The van der Waals surface area contributed by atoms with Gasteiger partial charge in [-0.1, -0.05) is 44.1 Å². The molecule has 1 aliphatic carbocycles. The van der Waals surface area contributed by atoms with Crippen LogP contribution in [0.15, 0.2) is 34.4 Å². The summed E-state index contributed by atoms with van der Waals surface area (Å²) in [6.45, 7) is 12.4. The van der Waals surface area contributed by atoms with Gasteiger partial charge in [0.15, 0.2) is 5.78 Å². The van der Waals surface area contributed by atoms with Gasteiger partial charge in [-0.15, -0.1) is 0 Å². The Hall–Kier alpha value is -1.11. The monoisotopic (exact) mass is 204 g/mol. The van der Waals surface area contributed by atoms with Gasteiger partial charge in [0.2, 0.25) is 0 Å². The zero-order valence-corrected chi connectivity index (χ0v) is 10.6. The van der Waals surface area contributed by atoms with Crippen LogP contribution in [-0.2, 0) is 4.79 Å². The lowest BCUT2D eigenvalue weighted by atomic mass is 9.83. The average Bonchev–Trinajstić information content (AvgIpc) is 2.44. The predicted octanol–water partition coefficient (Wildman–Crippen LogP) is 3.82. The van der Waals surface area contributed by atoms with Crippen LogP contribution in [0.3, 0.4) is 0 Å². The van der Waals surface area contributed by atoms with Crippen LogP contribution in [0.5, 0.6) is 0 Å². The maximum Gasteiger partial charge on any atom is 0.192 e. The van der Waals surface area contributed by atoms with Crippen molar-refractivity contribution in [1.82, 2.24) is 0 Å². The fourth-order valence-electron chi connectivity index (χ4n) is 1.56. The molecule has 1 nitrogen and oxygen atoms in total. The largest absolute Gasteiger partial charge is 0.289 e. The predicted molar refractivity (Wildman–Crippen MR) is 64.7 cm³/mol. The number of allylic oxidation sites excluding steroid dienone is 6. The van der Waals surface area contributed by atoms with Crippen LogP contribution < -0.4 is 0 Å². The minimum Gasteiger partial charge on any atom is -0.289 e. The summed E-state index contributed by atoms with van der Waals surface area (Å²) in [5.74, 6) is 0.183. The van der Waals surface area contributed by atoms with Crippen molar-refractivity contribution in [1.29, 1.82) is 0 Å². The lowest BCUT2D eigenvalue weighted by molar-refractivity contribution is -0.111. The second-order valence-corrected chi connectivity index (χ2v) is 5.36. The molecule has 0 aliphatic heterocycles. The topological polar surface area (TPSA) is 17.1 Å². The summed E-state index contributed by atoms with van der Waals surface area (Å²) in [5.41, 5.74) is 4.05. The van der Waals surface area contributed by atoms with Gasteiger partial charge in [-0.3, -0.25) is 4.79 Å². The molecule has 0 unspecified atom stereocenters. The van der Waals surface area contributed by atoms with E-state index in [0.29, 0.717) is 0 Å². The molecule has 0 fully saturated rings. The van der Waals surface area contributed by atoms with Crippen molar-refractivity contribution in [2.24, 2.45) is 5.41 Å². The van der Waals surface area contributed by atoms with Gasteiger partial charge in [-0.05, 0) is 26.2 Å². The normalized spacial score (nSPS) is 19.9. The van der Waals surface area contributed by atoms with E-state index in [2.05, 4.69) is 20.8 Å². The van der Waals surface area contributed by atoms with Gasteiger partial charge in [0.05, 0.1) is 0 Å². The van der Waals surface area contributed by atoms with Gasteiger partial charge < -0.3 is 0 Å². The number of Topliss-reactive ketones (excluding diaryl/α,β-unsaturated/α-hetero) is 1. The van der Waals surface area contributed by atoms with E-state index < -0.39 is 0 Å². The highest BCUT2D eigenvalue weighted by molar-refractivity contribution is 6.16. The Morgan fingerprint density at radius 2 is 1.47 bits per heavy atom. The van der Waals surface area contributed by atoms with Crippen molar-refractivity contribution in [3.05, 3.63) is 34.4 Å². The molecule has 1 rings (SSSR count). The highest BCUT2D eigenvalue weighted by Gasteiger charge is 2.25. The summed E-state index contributed by atoms with van der Waals surface area (Å²) in [7, 11) is 0. The van der Waals surface area contributed by atoms with Crippen LogP contribution >= 0.6 is 0 Å². The Bertz CT molecular complexity index is 380. The van der Waals surface area contributed by atoms with Crippen LogP contribution in [0.4, 0.5) is 0 Å². The Kier molecular flexibility index (Phi) is 3.03. The van der Waals surface area contributed by atoms with Gasteiger partial charge in [0.1, 0.15) is 0 Å². The summed E-state index contributed by atoms with van der Waals surface area (Å²) in [6.07, 6.45) is 3.88. The number of carbonyl (C=O) groups is 1. The molecular weight excluding hydrogens is 184 g/mol. The zero-order valence-electron chi connectivity index (χ0n) is 10.6. The van der Waals surface area contributed by atoms with Crippen LogP contribution in [-0.4, -0.2) is 5.78 Å². The second kappa shape index (κ2) is 3.80. The van der Waals surface area contributed by atoms with Crippen LogP contribution in [0, 0.1) is 5.41 Å². The third kappa shape index (κ3) is 2.28. The second-order valence-electron chi connectivity index (χ2n) is 5.36. The number of hydrogen-bond acceptors (Lipinski definition) is 1. The van der Waals surface area contributed by atoms with E-state index >= 15 is 0 Å². The summed E-state index contributed by atoms with van der Waals surface area (Å²) >= 11 is 0. The van der Waals surface area contributed by atoms with Crippen molar-refractivity contribution >= 4 is 5.78 Å². The third-order valence-electron chi connectivity index (χ3n) is 2.97. The molecule has 0 bridgehead atoms. The zero-order chi connectivity index (χ0) is 11.8. The van der Waals surface area contributed by atoms with E-state index in [-0.39, 0.29) is 11.2 Å². The Morgan fingerprint density at radius 3 is 1.80 bits per heavy atom. The maximum absolute atomic E-state index is 12.1. The Labute approximate surface area is 92.6 Å². The average molecular weight is 204 g/mol. The molecule has 0 saturated carbocycles. The van der Waals surface area contributed by atoms with Crippen molar-refractivity contribution in [3.8, 4) is 0 Å². The molecule has 0 N–H and O–H groups in total. The first-order chi connectivity index (χ1) is 6.75. The standard InChI is InChI=1S/C14H20O/c1-9(2)11-7-8-12(13(11)15)10(3)14(4,5)6/h7-8H,1-6H3/b12-10-. The first-order valence-corrected chi connectivity index (χ1v) is 5.36. The minimum absolute atomic E-state index is 0.0619. The molecule has 1 heteroatoms. The van der Waals surface area contributed by atoms with Crippen molar-refractivity contribution in [2.45, 2.75) is 41.5 Å². The molecule has 0 heterocycles. The summed E-state index contributed by atoms with van der Waals surface area (Å²) in [5, 5.41) is 0. The van der Waals surface area contributed by atoms with E-state index in [0.717, 1.165) is 16.7 Å². The van der Waals surface area contributed by atoms with Gasteiger partial charge in [-0.2, -0.15) is 0 Å². The molecule has 0 aromatic heterocycles. The molecule has 1 aliphatic rings. The van der Waals surface area contributed by atoms with Gasteiger partial charge in [0.25, 0.3) is 0 Å². The highest BCUT2D eigenvalue weighted by atomic mass is 16.1. The first kappa shape index (κ1) is 12.0. The third-order valence-corrected chi connectivity index (χ3v) is 2.97. The molecule has 0 aromatic rings. The van der Waals surface area contributed by atoms with E-state index in [9.17, 15) is 4.79 Å². The van der Waals surface area contributed by atoms with Crippen LogP contribution in [0.1, 0.15) is 41.5 Å². The Morgan fingerprint density at radius 1 is 1.00 bits per heavy atom. The SMILES string of the molecule is CC(C)=C1C=C/C(=C(\C)C(C)(C)C)C1=O. The smallest absolute Gasteiger partial charge is 0.192 e. The molecule has 0 saturated heterocycles. The van der Waals surface area contributed by atoms with E-state index in [1.165, 1.54) is 5.57 Å². The molecule has 0 spiro atoms. The lowest BCUT2D eigenvalue weighted by Gasteiger charge is -2.21. The number of hydrogen-bond donors (Lipinski definition) is 0. The molecule has 0 atom stereocenters. The first-order valence-electron chi connectivity index (χ1n) is 5.36. The molecule has 15 heavy (non-hydrogen) atoms. The van der Waals surface area contributed by atoms with Crippen LogP contribution in [0.25, 0.3) is 0 Å². The maximum atomic E-state index is 12.1. The summed E-state index contributed by atoms with van der Waals surface area (Å²) in [6, 6.07) is 0. The van der Waals surface area contributed by atoms with Gasteiger partial charge in [0, 0.05) is 11.1 Å². The Balaban J connectivity index is 3.22. The van der Waals surface area contributed by atoms with E-state index in [1.54, 1.807) is 0 Å². The minimum atomic E-state index is 0.0619. The van der Waals surface area contributed by atoms with Crippen molar-refractivity contribution in [3.63, 3.8) is 0 Å². The highest BCUT2D eigenvalue weighted by Crippen LogP contribution is 2.32. The number of rotatable bonds is 0. The molecule has 82 valence electrons. The molecule has 0 radical (unpaired) electrons. The molecule has 0 amide bonds. The van der Waals surface area contributed by atoms with Gasteiger partial charge >= 0.3 is 0 Å². The quantitative estimate of drug-likeness (QED) is 0.548. The molecule has 0 aromatic carbocycles.